The van der Waals surface area contributed by atoms with Crippen LogP contribution in [-0.4, -0.2) is 60.9 Å². The molecule has 2 heterocycles. The second-order valence-electron chi connectivity index (χ2n) is 6.98. The van der Waals surface area contributed by atoms with Crippen molar-refractivity contribution in [2.24, 2.45) is 5.92 Å². The number of halogens is 1. The molecule has 2 amide bonds. The van der Waals surface area contributed by atoms with Crippen LogP contribution >= 0.6 is 11.6 Å². The third-order valence-corrected chi connectivity index (χ3v) is 5.50. The zero-order chi connectivity index (χ0) is 17.8. The Morgan fingerprint density at radius 3 is 2.60 bits per heavy atom. The standard InChI is InChI=1S/C19H26ClN3O2/c1-21-12-17-5-3-11-23(17)19(25)15-4-2-10-22(13-15)18(24)14-6-8-16(20)9-7-14/h6-9,15,17,21H,2-5,10-13H2,1H3. The molecule has 0 saturated carbocycles. The van der Waals surface area contributed by atoms with Crippen LogP contribution in [0.1, 0.15) is 36.0 Å². The number of likely N-dealkylation sites (tertiary alicyclic amines) is 2. The van der Waals surface area contributed by atoms with Crippen LogP contribution in [0.4, 0.5) is 0 Å². The van der Waals surface area contributed by atoms with Crippen molar-refractivity contribution < 1.29 is 9.59 Å². The predicted octanol–water partition coefficient (Wildman–Crippen LogP) is 2.40. The molecular formula is C19H26ClN3O2. The molecule has 0 aromatic heterocycles. The first-order valence-corrected chi connectivity index (χ1v) is 9.48. The van der Waals surface area contributed by atoms with Crippen LogP contribution in [0.5, 0.6) is 0 Å². The normalized spacial score (nSPS) is 23.8. The van der Waals surface area contributed by atoms with Gasteiger partial charge in [-0.25, -0.2) is 0 Å². The van der Waals surface area contributed by atoms with Gasteiger partial charge in [0.2, 0.25) is 5.91 Å². The summed E-state index contributed by atoms with van der Waals surface area (Å²) in [6.07, 6.45) is 3.87. The number of hydrogen-bond donors (Lipinski definition) is 1. The number of benzene rings is 1. The Morgan fingerprint density at radius 1 is 1.16 bits per heavy atom. The van der Waals surface area contributed by atoms with E-state index in [1.165, 1.54) is 0 Å². The largest absolute Gasteiger partial charge is 0.338 e. The molecule has 2 fully saturated rings. The van der Waals surface area contributed by atoms with Crippen LogP contribution in [0.2, 0.25) is 5.02 Å². The average molecular weight is 364 g/mol. The van der Waals surface area contributed by atoms with Crippen molar-refractivity contribution in [2.45, 2.75) is 31.7 Å². The summed E-state index contributed by atoms with van der Waals surface area (Å²) >= 11 is 5.90. The smallest absolute Gasteiger partial charge is 0.253 e. The summed E-state index contributed by atoms with van der Waals surface area (Å²) in [4.78, 5) is 29.5. The molecule has 0 bridgehead atoms. The first kappa shape index (κ1) is 18.2. The summed E-state index contributed by atoms with van der Waals surface area (Å²) < 4.78 is 0. The summed E-state index contributed by atoms with van der Waals surface area (Å²) in [5.74, 6) is 0.121. The number of amides is 2. The lowest BCUT2D eigenvalue weighted by atomic mass is 9.95. The fraction of sp³-hybridized carbons (Fsp3) is 0.579. The highest BCUT2D eigenvalue weighted by Crippen LogP contribution is 2.25. The highest BCUT2D eigenvalue weighted by Gasteiger charge is 2.35. The first-order valence-electron chi connectivity index (χ1n) is 9.10. The van der Waals surface area contributed by atoms with Gasteiger partial charge in [0.15, 0.2) is 0 Å². The van der Waals surface area contributed by atoms with Gasteiger partial charge in [0.1, 0.15) is 0 Å². The highest BCUT2D eigenvalue weighted by molar-refractivity contribution is 6.30. The van der Waals surface area contributed by atoms with Gasteiger partial charge in [-0.1, -0.05) is 11.6 Å². The van der Waals surface area contributed by atoms with E-state index in [-0.39, 0.29) is 17.7 Å². The molecule has 0 aliphatic carbocycles. The van der Waals surface area contributed by atoms with Crippen LogP contribution in [0.15, 0.2) is 24.3 Å². The van der Waals surface area contributed by atoms with Crippen molar-refractivity contribution in [1.82, 2.24) is 15.1 Å². The molecule has 1 N–H and O–H groups in total. The number of rotatable bonds is 4. The maximum Gasteiger partial charge on any atom is 0.253 e. The van der Waals surface area contributed by atoms with E-state index in [4.69, 9.17) is 11.6 Å². The lowest BCUT2D eigenvalue weighted by Crippen LogP contribution is -2.49. The van der Waals surface area contributed by atoms with Crippen molar-refractivity contribution in [3.05, 3.63) is 34.9 Å². The third kappa shape index (κ3) is 4.15. The van der Waals surface area contributed by atoms with Crippen molar-refractivity contribution in [1.29, 1.82) is 0 Å². The summed E-state index contributed by atoms with van der Waals surface area (Å²) in [7, 11) is 1.92. The van der Waals surface area contributed by atoms with Crippen LogP contribution < -0.4 is 5.32 Å². The van der Waals surface area contributed by atoms with E-state index in [1.54, 1.807) is 24.3 Å². The number of carbonyl (C=O) groups excluding carboxylic acids is 2. The number of nitrogens with zero attached hydrogens (tertiary/aromatic N) is 2. The van der Waals surface area contributed by atoms with Gasteiger partial charge < -0.3 is 15.1 Å². The number of nitrogens with one attached hydrogen (secondary N) is 1. The van der Waals surface area contributed by atoms with Crippen molar-refractivity contribution >= 4 is 23.4 Å². The van der Waals surface area contributed by atoms with Crippen molar-refractivity contribution in [2.75, 3.05) is 33.2 Å². The third-order valence-electron chi connectivity index (χ3n) is 5.25. The van der Waals surface area contributed by atoms with Gasteiger partial charge >= 0.3 is 0 Å². The zero-order valence-corrected chi connectivity index (χ0v) is 15.5. The molecule has 2 aliphatic rings. The molecule has 3 rings (SSSR count). The minimum Gasteiger partial charge on any atom is -0.338 e. The molecule has 25 heavy (non-hydrogen) atoms. The molecule has 2 aliphatic heterocycles. The maximum absolute atomic E-state index is 13.0. The molecular weight excluding hydrogens is 338 g/mol. The summed E-state index contributed by atoms with van der Waals surface area (Å²) in [6.45, 7) is 2.91. The molecule has 2 unspecified atom stereocenters. The highest BCUT2D eigenvalue weighted by atomic mass is 35.5. The Morgan fingerprint density at radius 2 is 1.88 bits per heavy atom. The number of hydrogen-bond acceptors (Lipinski definition) is 3. The molecule has 2 saturated heterocycles. The SMILES string of the molecule is CNCC1CCCN1C(=O)C1CCCN(C(=O)c2ccc(Cl)cc2)C1. The molecule has 0 radical (unpaired) electrons. The number of carbonyl (C=O) groups is 2. The van der Waals surface area contributed by atoms with Gasteiger partial charge in [0.05, 0.1) is 5.92 Å². The molecule has 136 valence electrons. The van der Waals surface area contributed by atoms with E-state index < -0.39 is 0 Å². The van der Waals surface area contributed by atoms with E-state index in [0.717, 1.165) is 38.8 Å². The summed E-state index contributed by atoms with van der Waals surface area (Å²) in [6, 6.07) is 7.25. The second-order valence-corrected chi connectivity index (χ2v) is 7.42. The predicted molar refractivity (Wildman–Crippen MR) is 98.7 cm³/mol. The molecule has 2 atom stereocenters. The van der Waals surface area contributed by atoms with E-state index in [1.807, 2.05) is 16.8 Å². The van der Waals surface area contributed by atoms with Gasteiger partial charge in [-0.15, -0.1) is 0 Å². The Balaban J connectivity index is 1.65. The van der Waals surface area contributed by atoms with Crippen LogP contribution in [0, 0.1) is 5.92 Å². The Labute approximate surface area is 154 Å². The lowest BCUT2D eigenvalue weighted by Gasteiger charge is -2.35. The summed E-state index contributed by atoms with van der Waals surface area (Å²) in [5, 5.41) is 3.80. The monoisotopic (exact) mass is 363 g/mol. The van der Waals surface area contributed by atoms with Crippen molar-refractivity contribution in [3.63, 3.8) is 0 Å². The fourth-order valence-corrected chi connectivity index (χ4v) is 4.07. The Hall–Kier alpha value is -1.59. The molecule has 1 aromatic rings. The minimum absolute atomic E-state index is 0.0117. The van der Waals surface area contributed by atoms with Crippen LogP contribution in [0.25, 0.3) is 0 Å². The molecule has 5 nitrogen and oxygen atoms in total. The second kappa shape index (κ2) is 8.19. The Kier molecular flexibility index (Phi) is 5.97. The van der Waals surface area contributed by atoms with E-state index in [2.05, 4.69) is 5.32 Å². The van der Waals surface area contributed by atoms with Gasteiger partial charge in [-0.05, 0) is 57.0 Å². The lowest BCUT2D eigenvalue weighted by molar-refractivity contribution is -0.137. The fourth-order valence-electron chi connectivity index (χ4n) is 3.95. The van der Waals surface area contributed by atoms with Gasteiger partial charge in [0.25, 0.3) is 5.91 Å². The van der Waals surface area contributed by atoms with E-state index >= 15 is 0 Å². The Bertz CT molecular complexity index is 620. The topological polar surface area (TPSA) is 52.7 Å². The van der Waals surface area contributed by atoms with E-state index in [9.17, 15) is 9.59 Å². The first-order chi connectivity index (χ1) is 12.1. The molecule has 0 spiro atoms. The summed E-state index contributed by atoms with van der Waals surface area (Å²) in [5.41, 5.74) is 0.631. The number of likely N-dealkylation sites (N-methyl/N-ethyl adjacent to an activating group) is 1. The van der Waals surface area contributed by atoms with Crippen LogP contribution in [0.3, 0.4) is 0 Å². The molecule has 6 heteroatoms. The zero-order valence-electron chi connectivity index (χ0n) is 14.7. The van der Waals surface area contributed by atoms with Crippen molar-refractivity contribution in [3.8, 4) is 0 Å². The average Bonchev–Trinajstić information content (AvgIpc) is 3.10. The maximum atomic E-state index is 13.0. The van der Waals surface area contributed by atoms with Gasteiger partial charge in [0, 0.05) is 42.8 Å². The quantitative estimate of drug-likeness (QED) is 0.893. The minimum atomic E-state index is -0.0811. The molecule has 1 aromatic carbocycles. The van der Waals surface area contributed by atoms with E-state index in [0.29, 0.717) is 29.7 Å². The van der Waals surface area contributed by atoms with Gasteiger partial charge in [-0.2, -0.15) is 0 Å². The van der Waals surface area contributed by atoms with Crippen LogP contribution in [-0.2, 0) is 4.79 Å². The number of piperidine rings is 1. The van der Waals surface area contributed by atoms with Gasteiger partial charge in [-0.3, -0.25) is 9.59 Å².